The Morgan fingerprint density at radius 1 is 1.10 bits per heavy atom. The number of hydrogen-bond acceptors (Lipinski definition) is 5. The van der Waals surface area contributed by atoms with Crippen LogP contribution in [0.3, 0.4) is 0 Å². The summed E-state index contributed by atoms with van der Waals surface area (Å²) < 4.78 is 5.28. The molecule has 0 saturated carbocycles. The van der Waals surface area contributed by atoms with Crippen LogP contribution < -0.4 is 16.0 Å². The Morgan fingerprint density at radius 3 is 2.33 bits per heavy atom. The van der Waals surface area contributed by atoms with Crippen molar-refractivity contribution in [2.24, 2.45) is 11.7 Å². The predicted octanol–water partition coefficient (Wildman–Crippen LogP) is 2.02. The summed E-state index contributed by atoms with van der Waals surface area (Å²) in [5.74, 6) is -2.48. The zero-order valence-corrected chi connectivity index (χ0v) is 16.8. The number of anilines is 2. The van der Waals surface area contributed by atoms with Crippen LogP contribution in [-0.2, 0) is 19.1 Å². The predicted molar refractivity (Wildman–Crippen MR) is 111 cm³/mol. The molecule has 0 aromatic heterocycles. The number of aryl methyl sites for hydroxylation is 1. The Hall–Kier alpha value is -3.68. The molecule has 30 heavy (non-hydrogen) atoms. The topological polar surface area (TPSA) is 119 Å². The van der Waals surface area contributed by atoms with Crippen LogP contribution in [-0.4, -0.2) is 36.3 Å². The first-order valence-electron chi connectivity index (χ1n) is 9.53. The molecule has 0 radical (unpaired) electrons. The van der Waals surface area contributed by atoms with Crippen LogP contribution in [0.2, 0.25) is 0 Å². The number of esters is 1. The van der Waals surface area contributed by atoms with E-state index in [2.05, 4.69) is 5.32 Å². The summed E-state index contributed by atoms with van der Waals surface area (Å²) in [6.45, 7) is 3.62. The molecule has 1 aliphatic heterocycles. The maximum Gasteiger partial charge on any atom is 0.312 e. The highest BCUT2D eigenvalue weighted by Gasteiger charge is 2.37. The molecule has 1 aliphatic rings. The first-order valence-corrected chi connectivity index (χ1v) is 9.53. The molecule has 2 unspecified atom stereocenters. The van der Waals surface area contributed by atoms with E-state index in [9.17, 15) is 19.2 Å². The number of hydrogen-bond donors (Lipinski definition) is 2. The fraction of sp³-hybridized carbons (Fsp3) is 0.273. The van der Waals surface area contributed by atoms with Crippen LogP contribution in [0.15, 0.2) is 48.5 Å². The van der Waals surface area contributed by atoms with Gasteiger partial charge in [0, 0.05) is 29.9 Å². The van der Waals surface area contributed by atoms with Crippen molar-refractivity contribution in [3.05, 3.63) is 59.7 Å². The largest absolute Gasteiger partial charge is 0.452 e. The van der Waals surface area contributed by atoms with E-state index in [4.69, 9.17) is 10.5 Å². The highest BCUT2D eigenvalue weighted by Crippen LogP contribution is 2.26. The molecule has 8 nitrogen and oxygen atoms in total. The molecule has 0 bridgehead atoms. The maximum atomic E-state index is 12.5. The zero-order valence-electron chi connectivity index (χ0n) is 16.8. The zero-order chi connectivity index (χ0) is 21.8. The lowest BCUT2D eigenvalue weighted by molar-refractivity contribution is -0.157. The van der Waals surface area contributed by atoms with Crippen LogP contribution in [0.25, 0.3) is 0 Å². The molecule has 0 spiro atoms. The highest BCUT2D eigenvalue weighted by atomic mass is 16.5. The molecular formula is C22H23N3O5. The third kappa shape index (κ3) is 4.83. The van der Waals surface area contributed by atoms with Crippen molar-refractivity contribution in [1.82, 2.24) is 0 Å². The molecule has 1 fully saturated rings. The first kappa shape index (κ1) is 21.0. The van der Waals surface area contributed by atoms with Gasteiger partial charge in [0.25, 0.3) is 5.91 Å². The van der Waals surface area contributed by atoms with Crippen molar-refractivity contribution in [1.29, 1.82) is 0 Å². The number of carbonyl (C=O) groups is 4. The van der Waals surface area contributed by atoms with Crippen molar-refractivity contribution in [3.8, 4) is 0 Å². The number of primary amides is 1. The Bertz CT molecular complexity index is 969. The van der Waals surface area contributed by atoms with Gasteiger partial charge in [-0.1, -0.05) is 17.7 Å². The fourth-order valence-corrected chi connectivity index (χ4v) is 3.13. The van der Waals surface area contributed by atoms with Gasteiger partial charge in [0.15, 0.2) is 6.10 Å². The van der Waals surface area contributed by atoms with Crippen molar-refractivity contribution in [3.63, 3.8) is 0 Å². The Balaban J connectivity index is 1.55. The minimum absolute atomic E-state index is 0.0373. The molecule has 2 atom stereocenters. The number of benzene rings is 2. The smallest absolute Gasteiger partial charge is 0.312 e. The number of amides is 3. The number of nitrogens with one attached hydrogen (secondary N) is 1. The SMILES string of the molecule is Cc1ccc(N2CC(C(=O)OC(C)C(=O)Nc3ccc(C(N)=O)cc3)CC2=O)cc1. The van der Waals surface area contributed by atoms with Gasteiger partial charge in [0.1, 0.15) is 0 Å². The van der Waals surface area contributed by atoms with E-state index in [0.717, 1.165) is 11.3 Å². The van der Waals surface area contributed by atoms with Crippen molar-refractivity contribution in [2.75, 3.05) is 16.8 Å². The van der Waals surface area contributed by atoms with Crippen LogP contribution in [0.1, 0.15) is 29.3 Å². The fourth-order valence-electron chi connectivity index (χ4n) is 3.13. The van der Waals surface area contributed by atoms with E-state index in [1.165, 1.54) is 31.2 Å². The standard InChI is InChI=1S/C22H23N3O5/c1-13-3-9-18(10-4-13)25-12-16(11-19(25)26)22(29)30-14(2)21(28)24-17-7-5-15(6-8-17)20(23)27/h3-10,14,16H,11-12H2,1-2H3,(H2,23,27)(H,24,28). The molecule has 8 heteroatoms. The van der Waals surface area contributed by atoms with Gasteiger partial charge < -0.3 is 20.7 Å². The lowest BCUT2D eigenvalue weighted by Crippen LogP contribution is -2.33. The first-order chi connectivity index (χ1) is 14.2. The van der Waals surface area contributed by atoms with Crippen molar-refractivity contribution >= 4 is 35.1 Å². The van der Waals surface area contributed by atoms with Gasteiger partial charge in [0.2, 0.25) is 11.8 Å². The molecule has 3 amide bonds. The molecule has 3 N–H and O–H groups in total. The van der Waals surface area contributed by atoms with E-state index in [1.54, 1.807) is 4.90 Å². The van der Waals surface area contributed by atoms with Gasteiger partial charge in [0.05, 0.1) is 5.92 Å². The monoisotopic (exact) mass is 409 g/mol. The Morgan fingerprint density at radius 2 is 1.73 bits per heavy atom. The number of ether oxygens (including phenoxy) is 1. The van der Waals surface area contributed by atoms with Gasteiger partial charge in [-0.3, -0.25) is 19.2 Å². The second-order valence-electron chi connectivity index (χ2n) is 7.25. The van der Waals surface area contributed by atoms with Gasteiger partial charge in [-0.2, -0.15) is 0 Å². The van der Waals surface area contributed by atoms with Crippen LogP contribution in [0, 0.1) is 12.8 Å². The third-order valence-corrected chi connectivity index (χ3v) is 4.90. The average Bonchev–Trinajstić information content (AvgIpc) is 3.10. The van der Waals surface area contributed by atoms with Gasteiger partial charge in [-0.15, -0.1) is 0 Å². The average molecular weight is 409 g/mol. The molecule has 1 heterocycles. The summed E-state index contributed by atoms with van der Waals surface area (Å²) in [5.41, 5.74) is 7.74. The lowest BCUT2D eigenvalue weighted by Gasteiger charge is -2.18. The van der Waals surface area contributed by atoms with Crippen LogP contribution in [0.5, 0.6) is 0 Å². The summed E-state index contributed by atoms with van der Waals surface area (Å²) in [6.07, 6.45) is -1.01. The normalized spacial score (nSPS) is 16.8. The van der Waals surface area contributed by atoms with E-state index in [-0.39, 0.29) is 18.9 Å². The maximum absolute atomic E-state index is 12.5. The molecule has 2 aromatic rings. The summed E-state index contributed by atoms with van der Waals surface area (Å²) in [4.78, 5) is 49.7. The number of nitrogens with two attached hydrogens (primary N) is 1. The minimum Gasteiger partial charge on any atom is -0.452 e. The molecule has 156 valence electrons. The van der Waals surface area contributed by atoms with Crippen LogP contribution >= 0.6 is 0 Å². The third-order valence-electron chi connectivity index (χ3n) is 4.90. The van der Waals surface area contributed by atoms with E-state index in [0.29, 0.717) is 11.3 Å². The molecule has 3 rings (SSSR count). The summed E-state index contributed by atoms with van der Waals surface area (Å²) in [7, 11) is 0. The van der Waals surface area contributed by atoms with Crippen LogP contribution in [0.4, 0.5) is 11.4 Å². The lowest BCUT2D eigenvalue weighted by atomic mass is 10.1. The van der Waals surface area contributed by atoms with Gasteiger partial charge >= 0.3 is 5.97 Å². The van der Waals surface area contributed by atoms with E-state index < -0.39 is 29.8 Å². The number of carbonyl (C=O) groups excluding carboxylic acids is 4. The Labute approximate surface area is 174 Å². The molecule has 2 aromatic carbocycles. The second-order valence-corrected chi connectivity index (χ2v) is 7.25. The second kappa shape index (κ2) is 8.77. The molecular weight excluding hydrogens is 386 g/mol. The van der Waals surface area contributed by atoms with Crippen molar-refractivity contribution in [2.45, 2.75) is 26.4 Å². The van der Waals surface area contributed by atoms with E-state index in [1.807, 2.05) is 31.2 Å². The summed E-state index contributed by atoms with van der Waals surface area (Å²) in [5, 5.41) is 2.61. The number of rotatable bonds is 6. The minimum atomic E-state index is -1.04. The quantitative estimate of drug-likeness (QED) is 0.708. The van der Waals surface area contributed by atoms with Gasteiger partial charge in [-0.05, 0) is 50.2 Å². The Kier molecular flexibility index (Phi) is 6.15. The number of nitrogens with zero attached hydrogens (tertiary/aromatic N) is 1. The summed E-state index contributed by atoms with van der Waals surface area (Å²) in [6, 6.07) is 13.5. The summed E-state index contributed by atoms with van der Waals surface area (Å²) >= 11 is 0. The van der Waals surface area contributed by atoms with Crippen molar-refractivity contribution < 1.29 is 23.9 Å². The van der Waals surface area contributed by atoms with Gasteiger partial charge in [-0.25, -0.2) is 0 Å². The van der Waals surface area contributed by atoms with E-state index >= 15 is 0 Å². The molecule has 0 aliphatic carbocycles. The molecule has 1 saturated heterocycles. The highest BCUT2D eigenvalue weighted by molar-refractivity contribution is 6.00.